The summed E-state index contributed by atoms with van der Waals surface area (Å²) in [6, 6.07) is 17.9. The molecule has 0 aliphatic rings. The maximum absolute atomic E-state index is 13.3. The standard InChI is InChI=1S/C24H18BrClO5/c1-28-20-12-15(11-18(25)23(20)29-2)22-24(30-13-14-6-5-7-16(26)10-14)21(27)17-8-3-4-9-19(17)31-22/h3-12H,13H2,1-2H3. The molecule has 0 N–H and O–H groups in total. The van der Waals surface area contributed by atoms with Gasteiger partial charge in [0.1, 0.15) is 12.2 Å². The number of fused-ring (bicyclic) bond motifs is 1. The van der Waals surface area contributed by atoms with Gasteiger partial charge in [0.05, 0.1) is 24.1 Å². The number of hydrogen-bond acceptors (Lipinski definition) is 5. The van der Waals surface area contributed by atoms with E-state index in [9.17, 15) is 4.79 Å². The van der Waals surface area contributed by atoms with Gasteiger partial charge in [-0.3, -0.25) is 4.79 Å². The van der Waals surface area contributed by atoms with Crippen LogP contribution in [0.5, 0.6) is 17.2 Å². The predicted octanol–water partition coefficient (Wildman–Crippen LogP) is 6.47. The molecule has 3 aromatic carbocycles. The Labute approximate surface area is 192 Å². The normalized spacial score (nSPS) is 10.8. The first-order valence-electron chi connectivity index (χ1n) is 9.36. The van der Waals surface area contributed by atoms with Crippen LogP contribution in [-0.2, 0) is 6.61 Å². The van der Waals surface area contributed by atoms with Crippen LogP contribution in [0, 0.1) is 0 Å². The molecule has 0 amide bonds. The zero-order valence-electron chi connectivity index (χ0n) is 16.8. The molecule has 0 aliphatic carbocycles. The Morgan fingerprint density at radius 2 is 1.77 bits per heavy atom. The fraction of sp³-hybridized carbons (Fsp3) is 0.125. The van der Waals surface area contributed by atoms with Gasteiger partial charge in [0.25, 0.3) is 0 Å². The topological polar surface area (TPSA) is 57.9 Å². The van der Waals surface area contributed by atoms with Crippen LogP contribution in [0.15, 0.2) is 74.3 Å². The molecule has 0 saturated carbocycles. The number of methoxy groups -OCH3 is 2. The number of halogens is 2. The lowest BCUT2D eigenvalue weighted by molar-refractivity contribution is 0.298. The molecule has 0 fully saturated rings. The van der Waals surface area contributed by atoms with Gasteiger partial charge in [-0.2, -0.15) is 0 Å². The first kappa shape index (κ1) is 21.3. The van der Waals surface area contributed by atoms with Gasteiger partial charge in [-0.15, -0.1) is 0 Å². The number of para-hydroxylation sites is 1. The van der Waals surface area contributed by atoms with Crippen molar-refractivity contribution in [2.45, 2.75) is 6.61 Å². The van der Waals surface area contributed by atoms with E-state index in [2.05, 4.69) is 15.9 Å². The Balaban J connectivity index is 1.88. The van der Waals surface area contributed by atoms with Crippen molar-refractivity contribution in [3.63, 3.8) is 0 Å². The van der Waals surface area contributed by atoms with Crippen LogP contribution in [0.3, 0.4) is 0 Å². The molecule has 0 unspecified atom stereocenters. The SMILES string of the molecule is COc1cc(-c2oc3ccccc3c(=O)c2OCc2cccc(Cl)c2)cc(Br)c1OC. The van der Waals surface area contributed by atoms with Gasteiger partial charge in [0, 0.05) is 10.6 Å². The quantitative estimate of drug-likeness (QED) is 0.303. The molecule has 0 atom stereocenters. The average Bonchev–Trinajstić information content (AvgIpc) is 2.77. The summed E-state index contributed by atoms with van der Waals surface area (Å²) in [6.07, 6.45) is 0. The zero-order chi connectivity index (χ0) is 22.0. The van der Waals surface area contributed by atoms with Crippen LogP contribution in [0.4, 0.5) is 0 Å². The number of ether oxygens (including phenoxy) is 3. The van der Waals surface area contributed by atoms with E-state index in [1.807, 2.05) is 18.2 Å². The van der Waals surface area contributed by atoms with Crippen molar-refractivity contribution in [1.29, 1.82) is 0 Å². The monoisotopic (exact) mass is 500 g/mol. The summed E-state index contributed by atoms with van der Waals surface area (Å²) in [5.41, 5.74) is 1.64. The maximum Gasteiger partial charge on any atom is 0.235 e. The van der Waals surface area contributed by atoms with Crippen LogP contribution < -0.4 is 19.6 Å². The van der Waals surface area contributed by atoms with Gasteiger partial charge in [-0.05, 0) is 57.9 Å². The lowest BCUT2D eigenvalue weighted by Crippen LogP contribution is -2.10. The molecule has 4 aromatic rings. The second-order valence-electron chi connectivity index (χ2n) is 6.70. The largest absolute Gasteiger partial charge is 0.493 e. The van der Waals surface area contributed by atoms with Crippen molar-refractivity contribution in [2.75, 3.05) is 14.2 Å². The van der Waals surface area contributed by atoms with Crippen molar-refractivity contribution in [3.05, 3.63) is 85.9 Å². The zero-order valence-corrected chi connectivity index (χ0v) is 19.1. The highest BCUT2D eigenvalue weighted by Crippen LogP contribution is 2.41. The molecule has 0 saturated heterocycles. The van der Waals surface area contributed by atoms with E-state index in [1.54, 1.807) is 56.7 Å². The van der Waals surface area contributed by atoms with Gasteiger partial charge in [-0.1, -0.05) is 35.9 Å². The smallest absolute Gasteiger partial charge is 0.235 e. The van der Waals surface area contributed by atoms with E-state index in [4.69, 9.17) is 30.2 Å². The fourth-order valence-electron chi connectivity index (χ4n) is 3.28. The first-order chi connectivity index (χ1) is 15.0. The Morgan fingerprint density at radius 3 is 2.52 bits per heavy atom. The van der Waals surface area contributed by atoms with Gasteiger partial charge in [-0.25, -0.2) is 0 Å². The Morgan fingerprint density at radius 1 is 0.968 bits per heavy atom. The Hall–Kier alpha value is -2.96. The van der Waals surface area contributed by atoms with Crippen molar-refractivity contribution >= 4 is 38.5 Å². The highest BCUT2D eigenvalue weighted by molar-refractivity contribution is 9.10. The van der Waals surface area contributed by atoms with Gasteiger partial charge >= 0.3 is 0 Å². The second kappa shape index (κ2) is 9.04. The van der Waals surface area contributed by atoms with Gasteiger partial charge < -0.3 is 18.6 Å². The minimum absolute atomic E-state index is 0.109. The summed E-state index contributed by atoms with van der Waals surface area (Å²) in [4.78, 5) is 13.3. The van der Waals surface area contributed by atoms with E-state index in [0.717, 1.165) is 5.56 Å². The van der Waals surface area contributed by atoms with Crippen LogP contribution in [0.25, 0.3) is 22.3 Å². The Kier molecular flexibility index (Phi) is 6.20. The summed E-state index contributed by atoms with van der Waals surface area (Å²) in [5.74, 6) is 1.43. The second-order valence-corrected chi connectivity index (χ2v) is 7.99. The lowest BCUT2D eigenvalue weighted by atomic mass is 10.1. The molecular formula is C24H18BrClO5. The third-order valence-electron chi connectivity index (χ3n) is 4.72. The molecule has 0 aliphatic heterocycles. The molecule has 31 heavy (non-hydrogen) atoms. The van der Waals surface area contributed by atoms with E-state index < -0.39 is 0 Å². The minimum Gasteiger partial charge on any atom is -0.493 e. The maximum atomic E-state index is 13.3. The predicted molar refractivity (Wildman–Crippen MR) is 125 cm³/mol. The number of hydrogen-bond donors (Lipinski definition) is 0. The first-order valence-corrected chi connectivity index (χ1v) is 10.5. The van der Waals surface area contributed by atoms with E-state index in [0.29, 0.717) is 43.3 Å². The Bertz CT molecular complexity index is 1320. The summed E-state index contributed by atoms with van der Waals surface area (Å²) in [7, 11) is 3.10. The number of benzene rings is 3. The van der Waals surface area contributed by atoms with Crippen molar-refractivity contribution in [2.24, 2.45) is 0 Å². The third kappa shape index (κ3) is 4.27. The van der Waals surface area contributed by atoms with Crippen LogP contribution in [0.2, 0.25) is 5.02 Å². The highest BCUT2D eigenvalue weighted by Gasteiger charge is 2.21. The fourth-order valence-corrected chi connectivity index (χ4v) is 4.09. The minimum atomic E-state index is -0.259. The van der Waals surface area contributed by atoms with Crippen LogP contribution in [0.1, 0.15) is 5.56 Å². The molecule has 4 rings (SSSR count). The van der Waals surface area contributed by atoms with Crippen LogP contribution >= 0.6 is 27.5 Å². The molecule has 1 aromatic heterocycles. The van der Waals surface area contributed by atoms with E-state index >= 15 is 0 Å². The molecule has 158 valence electrons. The van der Waals surface area contributed by atoms with Crippen LogP contribution in [-0.4, -0.2) is 14.2 Å². The lowest BCUT2D eigenvalue weighted by Gasteiger charge is -2.15. The molecule has 5 nitrogen and oxygen atoms in total. The van der Waals surface area contributed by atoms with Crippen molar-refractivity contribution in [3.8, 4) is 28.6 Å². The van der Waals surface area contributed by atoms with Crippen molar-refractivity contribution in [1.82, 2.24) is 0 Å². The van der Waals surface area contributed by atoms with Crippen molar-refractivity contribution < 1.29 is 18.6 Å². The molecule has 7 heteroatoms. The summed E-state index contributed by atoms with van der Waals surface area (Å²) in [5, 5.41) is 1.03. The molecule has 0 bridgehead atoms. The van der Waals surface area contributed by atoms with Gasteiger partial charge in [0.15, 0.2) is 17.3 Å². The summed E-state index contributed by atoms with van der Waals surface area (Å²) >= 11 is 9.57. The molecule has 0 spiro atoms. The summed E-state index contributed by atoms with van der Waals surface area (Å²) in [6.45, 7) is 0.158. The van der Waals surface area contributed by atoms with E-state index in [1.165, 1.54) is 0 Å². The molecular weight excluding hydrogens is 484 g/mol. The average molecular weight is 502 g/mol. The highest BCUT2D eigenvalue weighted by atomic mass is 79.9. The third-order valence-corrected chi connectivity index (χ3v) is 5.55. The van der Waals surface area contributed by atoms with E-state index in [-0.39, 0.29) is 17.8 Å². The molecule has 0 radical (unpaired) electrons. The molecule has 1 heterocycles. The van der Waals surface area contributed by atoms with Gasteiger partial charge in [0.2, 0.25) is 11.2 Å². The summed E-state index contributed by atoms with van der Waals surface area (Å²) < 4.78 is 23.6. The number of rotatable bonds is 6.